The first kappa shape index (κ1) is 19.2. The summed E-state index contributed by atoms with van der Waals surface area (Å²) in [6, 6.07) is 19.3. The monoisotopic (exact) mass is 408 g/mol. The highest BCUT2D eigenvalue weighted by molar-refractivity contribution is 6.34. The molecule has 2 N–H and O–H groups in total. The average molecular weight is 409 g/mol. The fourth-order valence-corrected chi connectivity index (χ4v) is 3.39. The highest BCUT2D eigenvalue weighted by Gasteiger charge is 2.17. The van der Waals surface area contributed by atoms with Gasteiger partial charge in [0.15, 0.2) is 11.5 Å². The van der Waals surface area contributed by atoms with Gasteiger partial charge in [-0.1, -0.05) is 53.6 Å². The summed E-state index contributed by atoms with van der Waals surface area (Å²) in [5.74, 6) is 1.17. The molecule has 0 spiro atoms. The molecule has 0 aliphatic carbocycles. The highest BCUT2D eigenvalue weighted by atomic mass is 35.5. The SMILES string of the molecule is Cc1ccc(CNc2cccc(Cl)c2C(=O)NCc2ccc3c(c2)OCO3)cc1. The highest BCUT2D eigenvalue weighted by Crippen LogP contribution is 2.32. The Morgan fingerprint density at radius 3 is 2.55 bits per heavy atom. The lowest BCUT2D eigenvalue weighted by Crippen LogP contribution is -2.24. The third kappa shape index (κ3) is 4.46. The molecular formula is C23H21ClN2O3. The van der Waals surface area contributed by atoms with Gasteiger partial charge >= 0.3 is 0 Å². The van der Waals surface area contributed by atoms with Crippen LogP contribution in [-0.4, -0.2) is 12.7 Å². The summed E-state index contributed by atoms with van der Waals surface area (Å²) in [7, 11) is 0. The predicted molar refractivity (Wildman–Crippen MR) is 114 cm³/mol. The number of halogens is 1. The van der Waals surface area contributed by atoms with E-state index in [-0.39, 0.29) is 12.7 Å². The third-order valence-electron chi connectivity index (χ3n) is 4.73. The molecule has 0 radical (unpaired) electrons. The van der Waals surface area contributed by atoms with Crippen LogP contribution in [0.5, 0.6) is 11.5 Å². The van der Waals surface area contributed by atoms with E-state index >= 15 is 0 Å². The van der Waals surface area contributed by atoms with E-state index in [0.717, 1.165) is 11.1 Å². The van der Waals surface area contributed by atoms with Crippen LogP contribution >= 0.6 is 11.6 Å². The number of aryl methyl sites for hydroxylation is 1. The van der Waals surface area contributed by atoms with Gasteiger partial charge in [0.05, 0.1) is 10.6 Å². The Morgan fingerprint density at radius 2 is 1.72 bits per heavy atom. The van der Waals surface area contributed by atoms with Crippen LogP contribution in [0.3, 0.4) is 0 Å². The van der Waals surface area contributed by atoms with Gasteiger partial charge in [0.2, 0.25) is 6.79 Å². The number of rotatable bonds is 6. The molecule has 0 unspecified atom stereocenters. The summed E-state index contributed by atoms with van der Waals surface area (Å²) in [6.07, 6.45) is 0. The average Bonchev–Trinajstić information content (AvgIpc) is 3.19. The summed E-state index contributed by atoms with van der Waals surface area (Å²) in [4.78, 5) is 12.9. The zero-order chi connectivity index (χ0) is 20.2. The second kappa shape index (κ2) is 8.45. The van der Waals surface area contributed by atoms with Crippen molar-refractivity contribution in [2.24, 2.45) is 0 Å². The van der Waals surface area contributed by atoms with Gasteiger partial charge in [-0.2, -0.15) is 0 Å². The number of benzene rings is 3. The van der Waals surface area contributed by atoms with E-state index in [1.165, 1.54) is 5.56 Å². The summed E-state index contributed by atoms with van der Waals surface area (Å²) >= 11 is 6.35. The van der Waals surface area contributed by atoms with Gasteiger partial charge in [0.1, 0.15) is 0 Å². The van der Waals surface area contributed by atoms with Crippen molar-refractivity contribution in [2.45, 2.75) is 20.0 Å². The van der Waals surface area contributed by atoms with Crippen LogP contribution in [0.4, 0.5) is 5.69 Å². The van der Waals surface area contributed by atoms with Crippen molar-refractivity contribution in [3.63, 3.8) is 0 Å². The van der Waals surface area contributed by atoms with E-state index in [9.17, 15) is 4.79 Å². The molecule has 3 aromatic carbocycles. The van der Waals surface area contributed by atoms with E-state index in [2.05, 4.69) is 41.8 Å². The van der Waals surface area contributed by atoms with Crippen LogP contribution in [0.15, 0.2) is 60.7 Å². The molecular weight excluding hydrogens is 388 g/mol. The van der Waals surface area contributed by atoms with Crippen molar-refractivity contribution in [1.29, 1.82) is 0 Å². The number of nitrogens with one attached hydrogen (secondary N) is 2. The number of hydrogen-bond donors (Lipinski definition) is 2. The van der Waals surface area contributed by atoms with E-state index in [1.807, 2.05) is 30.3 Å². The van der Waals surface area contributed by atoms with Crippen molar-refractivity contribution in [2.75, 3.05) is 12.1 Å². The molecule has 1 aliphatic heterocycles. The fourth-order valence-electron chi connectivity index (χ4n) is 3.13. The lowest BCUT2D eigenvalue weighted by molar-refractivity contribution is 0.0951. The van der Waals surface area contributed by atoms with Crippen molar-refractivity contribution < 1.29 is 14.3 Å². The first-order valence-electron chi connectivity index (χ1n) is 9.35. The Morgan fingerprint density at radius 1 is 0.966 bits per heavy atom. The summed E-state index contributed by atoms with van der Waals surface area (Å²) in [6.45, 7) is 3.23. The number of amides is 1. The molecule has 29 heavy (non-hydrogen) atoms. The molecule has 0 atom stereocenters. The largest absolute Gasteiger partial charge is 0.454 e. The van der Waals surface area contributed by atoms with Gasteiger partial charge < -0.3 is 20.1 Å². The normalized spacial score (nSPS) is 11.9. The van der Waals surface area contributed by atoms with Crippen LogP contribution in [-0.2, 0) is 13.1 Å². The van der Waals surface area contributed by atoms with E-state index in [0.29, 0.717) is 40.9 Å². The minimum atomic E-state index is -0.236. The third-order valence-corrected chi connectivity index (χ3v) is 5.05. The topological polar surface area (TPSA) is 59.6 Å². The number of ether oxygens (including phenoxy) is 2. The Labute approximate surface area is 174 Å². The summed E-state index contributed by atoms with van der Waals surface area (Å²) in [5.41, 5.74) is 4.38. The molecule has 0 saturated heterocycles. The first-order valence-corrected chi connectivity index (χ1v) is 9.72. The zero-order valence-electron chi connectivity index (χ0n) is 16.0. The molecule has 6 heteroatoms. The second-order valence-corrected chi connectivity index (χ2v) is 7.28. The molecule has 5 nitrogen and oxygen atoms in total. The van der Waals surface area contributed by atoms with Crippen LogP contribution in [0.25, 0.3) is 0 Å². The minimum Gasteiger partial charge on any atom is -0.454 e. The molecule has 4 rings (SSSR count). The molecule has 148 valence electrons. The molecule has 1 amide bonds. The van der Waals surface area contributed by atoms with E-state index < -0.39 is 0 Å². The molecule has 0 fully saturated rings. The minimum absolute atomic E-state index is 0.223. The van der Waals surface area contributed by atoms with Crippen LogP contribution in [0.1, 0.15) is 27.0 Å². The lowest BCUT2D eigenvalue weighted by Gasteiger charge is -2.14. The van der Waals surface area contributed by atoms with E-state index in [1.54, 1.807) is 6.07 Å². The zero-order valence-corrected chi connectivity index (χ0v) is 16.8. The van der Waals surface area contributed by atoms with Gasteiger partial charge in [-0.3, -0.25) is 4.79 Å². The maximum absolute atomic E-state index is 12.9. The number of carbonyl (C=O) groups excluding carboxylic acids is 1. The van der Waals surface area contributed by atoms with Crippen LogP contribution in [0, 0.1) is 6.92 Å². The molecule has 1 heterocycles. The van der Waals surface area contributed by atoms with Crippen molar-refractivity contribution in [1.82, 2.24) is 5.32 Å². The molecule has 3 aromatic rings. The molecule has 0 saturated carbocycles. The second-order valence-electron chi connectivity index (χ2n) is 6.87. The van der Waals surface area contributed by atoms with Gasteiger partial charge in [0, 0.05) is 18.8 Å². The molecule has 1 aliphatic rings. The quantitative estimate of drug-likeness (QED) is 0.607. The number of anilines is 1. The maximum Gasteiger partial charge on any atom is 0.255 e. The van der Waals surface area contributed by atoms with Gasteiger partial charge in [-0.25, -0.2) is 0 Å². The smallest absolute Gasteiger partial charge is 0.255 e. The number of hydrogen-bond acceptors (Lipinski definition) is 4. The number of carbonyl (C=O) groups is 1. The Bertz CT molecular complexity index is 1030. The Balaban J connectivity index is 1.45. The standard InChI is InChI=1S/C23H21ClN2O3/c1-15-5-7-16(8-6-15)12-25-19-4-2-3-18(24)22(19)23(27)26-13-17-9-10-20-21(11-17)29-14-28-20/h2-11,25H,12-14H2,1H3,(H,26,27). The van der Waals surface area contributed by atoms with Crippen molar-refractivity contribution in [3.05, 3.63) is 87.9 Å². The fraction of sp³-hybridized carbons (Fsp3) is 0.174. The lowest BCUT2D eigenvalue weighted by atomic mass is 10.1. The van der Waals surface area contributed by atoms with Crippen molar-refractivity contribution >= 4 is 23.2 Å². The van der Waals surface area contributed by atoms with E-state index in [4.69, 9.17) is 21.1 Å². The summed E-state index contributed by atoms with van der Waals surface area (Å²) < 4.78 is 10.7. The van der Waals surface area contributed by atoms with Gasteiger partial charge in [0.25, 0.3) is 5.91 Å². The Hall–Kier alpha value is -3.18. The first-order chi connectivity index (χ1) is 14.1. The van der Waals surface area contributed by atoms with Crippen LogP contribution in [0.2, 0.25) is 5.02 Å². The number of fused-ring (bicyclic) bond motifs is 1. The van der Waals surface area contributed by atoms with Crippen molar-refractivity contribution in [3.8, 4) is 11.5 Å². The molecule has 0 bridgehead atoms. The predicted octanol–water partition coefficient (Wildman–Crippen LogP) is 4.92. The molecule has 0 aromatic heterocycles. The summed E-state index contributed by atoms with van der Waals surface area (Å²) in [5, 5.41) is 6.66. The Kier molecular flexibility index (Phi) is 5.58. The van der Waals surface area contributed by atoms with Crippen LogP contribution < -0.4 is 20.1 Å². The van der Waals surface area contributed by atoms with Gasteiger partial charge in [-0.05, 0) is 42.3 Å². The maximum atomic E-state index is 12.9. The van der Waals surface area contributed by atoms with Gasteiger partial charge in [-0.15, -0.1) is 0 Å².